The van der Waals surface area contributed by atoms with Gasteiger partial charge in [-0.25, -0.2) is 4.98 Å². The van der Waals surface area contributed by atoms with Gasteiger partial charge in [0.2, 0.25) is 0 Å². The van der Waals surface area contributed by atoms with Crippen LogP contribution in [0.3, 0.4) is 0 Å². The van der Waals surface area contributed by atoms with E-state index in [9.17, 15) is 0 Å². The Kier molecular flexibility index (Phi) is 7.23. The van der Waals surface area contributed by atoms with Crippen LogP contribution in [0.5, 0.6) is 0 Å². The molecular weight excluding hydrogens is 657 g/mol. The molecule has 4 heteroatoms. The van der Waals surface area contributed by atoms with Crippen molar-refractivity contribution < 1.29 is 0 Å². The van der Waals surface area contributed by atoms with E-state index in [-0.39, 0.29) is 0 Å². The molecule has 8 aromatic carbocycles. The summed E-state index contributed by atoms with van der Waals surface area (Å²) in [5.41, 5.74) is 10.4. The maximum Gasteiger partial charge on any atom is 0.124 e. The largest absolute Gasteiger partial charge is 0.310 e. The molecule has 0 amide bonds. The maximum atomic E-state index is 5.03. The number of nitrogens with zero attached hydrogens (tertiary/aromatic N) is 2. The molecule has 2 aromatic heterocycles. The Balaban J connectivity index is 1.07. The number of aromatic nitrogens is 1. The molecule has 0 radical (unpaired) electrons. The number of anilines is 3. The highest BCUT2D eigenvalue weighted by Crippen LogP contribution is 2.44. The van der Waals surface area contributed by atoms with Gasteiger partial charge in [0.1, 0.15) is 5.01 Å². The monoisotopic (exact) mass is 686 g/mol. The Morgan fingerprint density at radius 2 is 1.02 bits per heavy atom. The summed E-state index contributed by atoms with van der Waals surface area (Å²) in [7, 11) is 0. The molecule has 10 rings (SSSR count). The number of benzene rings is 8. The zero-order valence-corrected chi connectivity index (χ0v) is 29.2. The summed E-state index contributed by atoms with van der Waals surface area (Å²) in [4.78, 5) is 7.40. The van der Waals surface area contributed by atoms with Gasteiger partial charge in [-0.2, -0.15) is 0 Å². The van der Waals surface area contributed by atoms with E-state index in [1.807, 2.05) is 11.3 Å². The molecule has 240 valence electrons. The molecule has 0 saturated carbocycles. The lowest BCUT2D eigenvalue weighted by molar-refractivity contribution is 1.29. The summed E-state index contributed by atoms with van der Waals surface area (Å²) < 4.78 is 3.86. The van der Waals surface area contributed by atoms with Crippen LogP contribution in [-0.2, 0) is 0 Å². The number of rotatable bonds is 6. The van der Waals surface area contributed by atoms with Crippen molar-refractivity contribution in [3.63, 3.8) is 0 Å². The minimum absolute atomic E-state index is 1.06. The summed E-state index contributed by atoms with van der Waals surface area (Å²) in [5, 5.41) is 6.12. The van der Waals surface area contributed by atoms with Crippen molar-refractivity contribution in [1.29, 1.82) is 0 Å². The number of hydrogen-bond acceptors (Lipinski definition) is 4. The van der Waals surface area contributed by atoms with Crippen molar-refractivity contribution in [2.24, 2.45) is 0 Å². The van der Waals surface area contributed by atoms with E-state index in [1.165, 1.54) is 57.9 Å². The fourth-order valence-electron chi connectivity index (χ4n) is 7.15. The van der Waals surface area contributed by atoms with E-state index in [4.69, 9.17) is 4.98 Å². The van der Waals surface area contributed by atoms with Crippen LogP contribution in [0, 0.1) is 0 Å². The molecule has 2 heterocycles. The van der Waals surface area contributed by atoms with Gasteiger partial charge in [0.25, 0.3) is 0 Å². The molecule has 0 bridgehead atoms. The van der Waals surface area contributed by atoms with Crippen LogP contribution in [0.1, 0.15) is 0 Å². The van der Waals surface area contributed by atoms with Crippen LogP contribution >= 0.6 is 22.7 Å². The summed E-state index contributed by atoms with van der Waals surface area (Å²) in [6.45, 7) is 0. The van der Waals surface area contributed by atoms with Crippen molar-refractivity contribution in [3.8, 4) is 32.8 Å². The van der Waals surface area contributed by atoms with E-state index < -0.39 is 0 Å². The Labute approximate surface area is 304 Å². The molecule has 0 atom stereocenters. The first-order valence-corrected chi connectivity index (χ1v) is 18.7. The van der Waals surface area contributed by atoms with Gasteiger partial charge in [-0.05, 0) is 93.7 Å². The minimum atomic E-state index is 1.06. The molecule has 10 aromatic rings. The first-order chi connectivity index (χ1) is 25.2. The van der Waals surface area contributed by atoms with Gasteiger partial charge in [0.15, 0.2) is 0 Å². The molecule has 0 spiro atoms. The van der Waals surface area contributed by atoms with Gasteiger partial charge in [-0.3, -0.25) is 0 Å². The molecule has 0 aliphatic heterocycles. The Bertz CT molecular complexity index is 2850. The van der Waals surface area contributed by atoms with Gasteiger partial charge in [0.05, 0.1) is 10.2 Å². The number of hydrogen-bond donors (Lipinski definition) is 0. The summed E-state index contributed by atoms with van der Waals surface area (Å²) in [5.74, 6) is 0. The molecule has 0 unspecified atom stereocenters. The fraction of sp³-hybridized carbons (Fsp3) is 0. The zero-order chi connectivity index (χ0) is 33.7. The van der Waals surface area contributed by atoms with Crippen LogP contribution in [0.2, 0.25) is 0 Å². The first-order valence-electron chi connectivity index (χ1n) is 17.1. The average Bonchev–Trinajstić information content (AvgIpc) is 3.81. The molecule has 2 nitrogen and oxygen atoms in total. The fourth-order valence-corrected chi connectivity index (χ4v) is 9.44. The topological polar surface area (TPSA) is 16.1 Å². The van der Waals surface area contributed by atoms with E-state index >= 15 is 0 Å². The Morgan fingerprint density at radius 1 is 0.392 bits per heavy atom. The van der Waals surface area contributed by atoms with Crippen molar-refractivity contribution in [1.82, 2.24) is 4.98 Å². The molecule has 0 fully saturated rings. The lowest BCUT2D eigenvalue weighted by Crippen LogP contribution is -2.10. The Hall–Kier alpha value is -6.07. The smallest absolute Gasteiger partial charge is 0.124 e. The van der Waals surface area contributed by atoms with Crippen LogP contribution < -0.4 is 4.90 Å². The second kappa shape index (κ2) is 12.4. The standard InChI is InChI=1S/C47H30N2S2/c1-3-10-31(11-4-1)36-16-9-17-39(28-36)49(40-24-20-32-12-7-8-15-35(32)29-40)38-22-18-33(19-23-38)37-21-26-43-41(30-37)45-44(50-43)27-25-42-46(45)51-47(48-42)34-13-5-2-6-14-34/h1-30H. The second-order valence-corrected chi connectivity index (χ2v) is 14.9. The van der Waals surface area contributed by atoms with E-state index in [2.05, 4.69) is 187 Å². The molecule has 0 aliphatic rings. The first kappa shape index (κ1) is 29.8. The van der Waals surface area contributed by atoms with Crippen molar-refractivity contribution in [2.45, 2.75) is 0 Å². The van der Waals surface area contributed by atoms with Gasteiger partial charge in [0, 0.05) is 42.8 Å². The minimum Gasteiger partial charge on any atom is -0.310 e. The Morgan fingerprint density at radius 3 is 1.84 bits per heavy atom. The highest BCUT2D eigenvalue weighted by molar-refractivity contribution is 7.28. The lowest BCUT2D eigenvalue weighted by Gasteiger charge is -2.26. The van der Waals surface area contributed by atoms with Crippen LogP contribution in [-0.4, -0.2) is 4.98 Å². The molecule has 0 saturated heterocycles. The zero-order valence-electron chi connectivity index (χ0n) is 27.5. The summed E-state index contributed by atoms with van der Waals surface area (Å²) in [6.07, 6.45) is 0. The second-order valence-electron chi connectivity index (χ2n) is 12.8. The highest BCUT2D eigenvalue weighted by atomic mass is 32.1. The van der Waals surface area contributed by atoms with Crippen molar-refractivity contribution >= 4 is 80.9 Å². The lowest BCUT2D eigenvalue weighted by atomic mass is 10.0. The van der Waals surface area contributed by atoms with E-state index in [0.717, 1.165) is 33.1 Å². The third-order valence-electron chi connectivity index (χ3n) is 9.67. The van der Waals surface area contributed by atoms with Crippen molar-refractivity contribution in [3.05, 3.63) is 182 Å². The number of fused-ring (bicyclic) bond motifs is 6. The normalized spacial score (nSPS) is 11.5. The SMILES string of the molecule is c1ccc(-c2cccc(N(c3ccc(-c4ccc5sc6ccc7nc(-c8ccccc8)sc7c6c5c4)cc3)c3ccc4ccccc4c3)c2)cc1. The van der Waals surface area contributed by atoms with Gasteiger partial charge in [-0.1, -0.05) is 121 Å². The quantitative estimate of drug-likeness (QED) is 0.173. The predicted molar refractivity (Wildman–Crippen MR) is 221 cm³/mol. The number of thiophene rings is 1. The molecule has 0 aliphatic carbocycles. The van der Waals surface area contributed by atoms with E-state index in [1.54, 1.807) is 11.3 Å². The van der Waals surface area contributed by atoms with Gasteiger partial charge in [-0.15, -0.1) is 22.7 Å². The highest BCUT2D eigenvalue weighted by Gasteiger charge is 2.17. The van der Waals surface area contributed by atoms with Crippen molar-refractivity contribution in [2.75, 3.05) is 4.90 Å². The third kappa shape index (κ3) is 5.37. The van der Waals surface area contributed by atoms with Crippen LogP contribution in [0.4, 0.5) is 17.1 Å². The third-order valence-corrected chi connectivity index (χ3v) is 11.9. The van der Waals surface area contributed by atoms with Crippen LogP contribution in [0.15, 0.2) is 182 Å². The van der Waals surface area contributed by atoms with E-state index in [0.29, 0.717) is 0 Å². The van der Waals surface area contributed by atoms with Gasteiger partial charge >= 0.3 is 0 Å². The summed E-state index contributed by atoms with van der Waals surface area (Å²) >= 11 is 3.65. The summed E-state index contributed by atoms with van der Waals surface area (Å²) in [6, 6.07) is 65.6. The van der Waals surface area contributed by atoms with Crippen LogP contribution in [0.25, 0.3) is 74.0 Å². The number of thiazole rings is 1. The average molecular weight is 687 g/mol. The van der Waals surface area contributed by atoms with Gasteiger partial charge < -0.3 is 4.90 Å². The molecule has 0 N–H and O–H groups in total. The maximum absolute atomic E-state index is 5.03. The molecule has 51 heavy (non-hydrogen) atoms. The molecular formula is C47H30N2S2. The predicted octanol–water partition coefficient (Wildman–Crippen LogP) is 14.3.